The SMILES string of the molecule is O=C(NCCC1CC1)c1cccc([N+](=O)[O-])c1Cl. The minimum absolute atomic E-state index is 0.105. The summed E-state index contributed by atoms with van der Waals surface area (Å²) in [6.45, 7) is 0.586. The maximum atomic E-state index is 11.8. The van der Waals surface area contributed by atoms with Crippen LogP contribution < -0.4 is 5.32 Å². The molecule has 0 unspecified atom stereocenters. The number of nitrogens with one attached hydrogen (secondary N) is 1. The van der Waals surface area contributed by atoms with Gasteiger partial charge in [-0.05, 0) is 18.4 Å². The molecule has 96 valence electrons. The smallest absolute Gasteiger partial charge is 0.288 e. The fraction of sp³-hybridized carbons (Fsp3) is 0.417. The molecule has 5 nitrogen and oxygen atoms in total. The molecule has 2 rings (SSSR count). The van der Waals surface area contributed by atoms with E-state index < -0.39 is 4.92 Å². The highest BCUT2D eigenvalue weighted by Crippen LogP contribution is 2.32. The molecule has 0 saturated heterocycles. The quantitative estimate of drug-likeness (QED) is 0.659. The Labute approximate surface area is 109 Å². The van der Waals surface area contributed by atoms with E-state index in [0.29, 0.717) is 6.54 Å². The molecule has 6 heteroatoms. The van der Waals surface area contributed by atoms with Gasteiger partial charge in [0.05, 0.1) is 10.5 Å². The molecular formula is C12H13ClN2O3. The molecule has 18 heavy (non-hydrogen) atoms. The van der Waals surface area contributed by atoms with Crippen LogP contribution in [0.15, 0.2) is 18.2 Å². The average Bonchev–Trinajstić information content (AvgIpc) is 3.12. The van der Waals surface area contributed by atoms with Crippen LogP contribution in [0, 0.1) is 16.0 Å². The van der Waals surface area contributed by atoms with E-state index in [-0.39, 0.29) is 22.2 Å². The molecule has 0 aliphatic heterocycles. The molecule has 1 fully saturated rings. The van der Waals surface area contributed by atoms with Gasteiger partial charge in [0.25, 0.3) is 11.6 Å². The zero-order valence-electron chi connectivity index (χ0n) is 9.69. The van der Waals surface area contributed by atoms with Gasteiger partial charge >= 0.3 is 0 Å². The number of benzene rings is 1. The van der Waals surface area contributed by atoms with Crippen LogP contribution in [0.5, 0.6) is 0 Å². The van der Waals surface area contributed by atoms with Crippen molar-refractivity contribution in [3.8, 4) is 0 Å². The topological polar surface area (TPSA) is 72.2 Å². The first-order valence-corrected chi connectivity index (χ1v) is 6.18. The summed E-state index contributed by atoms with van der Waals surface area (Å²) in [7, 11) is 0. The van der Waals surface area contributed by atoms with Gasteiger partial charge in [0.1, 0.15) is 5.02 Å². The maximum Gasteiger partial charge on any atom is 0.288 e. The van der Waals surface area contributed by atoms with Crippen molar-refractivity contribution in [2.24, 2.45) is 5.92 Å². The van der Waals surface area contributed by atoms with E-state index in [1.54, 1.807) is 0 Å². The first kappa shape index (κ1) is 12.8. The van der Waals surface area contributed by atoms with E-state index in [2.05, 4.69) is 5.32 Å². The van der Waals surface area contributed by atoms with E-state index in [0.717, 1.165) is 12.3 Å². The molecule has 0 atom stereocenters. The predicted molar refractivity (Wildman–Crippen MR) is 67.8 cm³/mol. The van der Waals surface area contributed by atoms with E-state index in [1.807, 2.05) is 0 Å². The Morgan fingerprint density at radius 1 is 1.50 bits per heavy atom. The summed E-state index contributed by atoms with van der Waals surface area (Å²) in [5, 5.41) is 13.3. The van der Waals surface area contributed by atoms with Crippen LogP contribution in [0.3, 0.4) is 0 Å². The molecule has 1 aromatic rings. The Morgan fingerprint density at radius 2 is 2.22 bits per heavy atom. The van der Waals surface area contributed by atoms with E-state index in [9.17, 15) is 14.9 Å². The second-order valence-electron chi connectivity index (χ2n) is 4.38. The van der Waals surface area contributed by atoms with E-state index in [4.69, 9.17) is 11.6 Å². The summed E-state index contributed by atoms with van der Waals surface area (Å²) in [5.41, 5.74) is -0.0897. The van der Waals surface area contributed by atoms with E-state index >= 15 is 0 Å². The molecule has 0 aromatic heterocycles. The Hall–Kier alpha value is -1.62. The van der Waals surface area contributed by atoms with Crippen molar-refractivity contribution in [2.75, 3.05) is 6.54 Å². The number of rotatable bonds is 5. The first-order valence-electron chi connectivity index (χ1n) is 5.80. The number of amides is 1. The van der Waals surface area contributed by atoms with Crippen molar-refractivity contribution in [2.45, 2.75) is 19.3 Å². The summed E-state index contributed by atoms with van der Waals surface area (Å²) in [6, 6.07) is 4.23. The highest BCUT2D eigenvalue weighted by atomic mass is 35.5. The van der Waals surface area contributed by atoms with Crippen LogP contribution in [-0.4, -0.2) is 17.4 Å². The van der Waals surface area contributed by atoms with Crippen molar-refractivity contribution < 1.29 is 9.72 Å². The third kappa shape index (κ3) is 2.98. The maximum absolute atomic E-state index is 11.8. The van der Waals surface area contributed by atoms with Crippen molar-refractivity contribution in [1.82, 2.24) is 5.32 Å². The molecule has 0 radical (unpaired) electrons. The van der Waals surface area contributed by atoms with Gasteiger partial charge in [-0.2, -0.15) is 0 Å². The van der Waals surface area contributed by atoms with Crippen LogP contribution in [0.25, 0.3) is 0 Å². The zero-order valence-corrected chi connectivity index (χ0v) is 10.4. The lowest BCUT2D eigenvalue weighted by molar-refractivity contribution is -0.384. The lowest BCUT2D eigenvalue weighted by atomic mass is 10.2. The molecule has 1 aliphatic rings. The molecule has 1 saturated carbocycles. The fourth-order valence-corrected chi connectivity index (χ4v) is 2.01. The Kier molecular flexibility index (Phi) is 3.81. The number of carbonyl (C=O) groups is 1. The zero-order chi connectivity index (χ0) is 13.1. The monoisotopic (exact) mass is 268 g/mol. The summed E-state index contributed by atoms with van der Waals surface area (Å²) in [6.07, 6.45) is 3.42. The van der Waals surface area contributed by atoms with Crippen LogP contribution in [-0.2, 0) is 0 Å². The summed E-state index contributed by atoms with van der Waals surface area (Å²) < 4.78 is 0. The van der Waals surface area contributed by atoms with Crippen molar-refractivity contribution in [3.05, 3.63) is 38.9 Å². The average molecular weight is 269 g/mol. The summed E-state index contributed by atoms with van der Waals surface area (Å²) in [4.78, 5) is 21.9. The van der Waals surface area contributed by atoms with Gasteiger partial charge in [-0.15, -0.1) is 0 Å². The number of hydrogen-bond acceptors (Lipinski definition) is 3. The van der Waals surface area contributed by atoms with Gasteiger partial charge in [-0.3, -0.25) is 14.9 Å². The number of carbonyl (C=O) groups excluding carboxylic acids is 1. The Bertz CT molecular complexity index is 486. The van der Waals surface area contributed by atoms with Gasteiger partial charge in [-0.1, -0.05) is 30.5 Å². The number of nitro groups is 1. The molecule has 1 aliphatic carbocycles. The molecule has 1 N–H and O–H groups in total. The molecule has 0 spiro atoms. The van der Waals surface area contributed by atoms with Crippen LogP contribution in [0.4, 0.5) is 5.69 Å². The van der Waals surface area contributed by atoms with Gasteiger partial charge in [0.2, 0.25) is 0 Å². The third-order valence-corrected chi connectivity index (χ3v) is 3.35. The first-order chi connectivity index (χ1) is 8.59. The molecule has 0 bridgehead atoms. The normalized spacial score (nSPS) is 14.3. The fourth-order valence-electron chi connectivity index (χ4n) is 1.73. The number of nitro benzene ring substituents is 1. The molecular weight excluding hydrogens is 256 g/mol. The van der Waals surface area contributed by atoms with Gasteiger partial charge in [-0.25, -0.2) is 0 Å². The minimum atomic E-state index is -0.594. The summed E-state index contributed by atoms with van der Waals surface area (Å²) >= 11 is 5.85. The third-order valence-electron chi connectivity index (χ3n) is 2.95. The Balaban J connectivity index is 2.04. The van der Waals surface area contributed by atoms with Gasteiger partial charge in [0, 0.05) is 12.6 Å². The molecule has 1 aromatic carbocycles. The molecule has 0 heterocycles. The highest BCUT2D eigenvalue weighted by Gasteiger charge is 2.22. The number of halogens is 1. The predicted octanol–water partition coefficient (Wildman–Crippen LogP) is 2.78. The van der Waals surface area contributed by atoms with Gasteiger partial charge in [0.15, 0.2) is 0 Å². The second kappa shape index (κ2) is 5.35. The summed E-state index contributed by atoms with van der Waals surface area (Å²) in [5.74, 6) is 0.371. The van der Waals surface area contributed by atoms with Crippen molar-refractivity contribution >= 4 is 23.2 Å². The van der Waals surface area contributed by atoms with Crippen LogP contribution >= 0.6 is 11.6 Å². The minimum Gasteiger partial charge on any atom is -0.352 e. The largest absolute Gasteiger partial charge is 0.352 e. The van der Waals surface area contributed by atoms with Crippen LogP contribution in [0.1, 0.15) is 29.6 Å². The standard InChI is InChI=1S/C12H13ClN2O3/c13-11-9(2-1-3-10(11)15(17)18)12(16)14-7-6-8-4-5-8/h1-3,8H,4-7H2,(H,14,16). The number of nitrogens with zero attached hydrogens (tertiary/aromatic N) is 1. The van der Waals surface area contributed by atoms with Crippen molar-refractivity contribution in [3.63, 3.8) is 0 Å². The van der Waals surface area contributed by atoms with Gasteiger partial charge < -0.3 is 5.32 Å². The Morgan fingerprint density at radius 3 is 2.83 bits per heavy atom. The van der Waals surface area contributed by atoms with E-state index in [1.165, 1.54) is 31.0 Å². The second-order valence-corrected chi connectivity index (χ2v) is 4.76. The number of hydrogen-bond donors (Lipinski definition) is 1. The lowest BCUT2D eigenvalue weighted by Crippen LogP contribution is -2.25. The van der Waals surface area contributed by atoms with Crippen molar-refractivity contribution in [1.29, 1.82) is 0 Å². The lowest BCUT2D eigenvalue weighted by Gasteiger charge is -2.06. The van der Waals surface area contributed by atoms with Crippen LogP contribution in [0.2, 0.25) is 5.02 Å². The highest BCUT2D eigenvalue weighted by molar-refractivity contribution is 6.35. The molecule has 1 amide bonds.